The number of rotatable bonds is 8. The lowest BCUT2D eigenvalue weighted by atomic mass is 10.1. The molecule has 0 radical (unpaired) electrons. The molecule has 1 atom stereocenters. The third kappa shape index (κ3) is 6.51. The molecule has 0 aliphatic heterocycles. The van der Waals surface area contributed by atoms with E-state index in [0.29, 0.717) is 12.1 Å². The summed E-state index contributed by atoms with van der Waals surface area (Å²) in [6, 6.07) is 11.2. The van der Waals surface area contributed by atoms with Gasteiger partial charge >= 0.3 is 6.03 Å². The predicted octanol–water partition coefficient (Wildman–Crippen LogP) is 3.61. The summed E-state index contributed by atoms with van der Waals surface area (Å²) in [5.74, 6) is -1.62. The summed E-state index contributed by atoms with van der Waals surface area (Å²) in [4.78, 5) is 10.8. The van der Waals surface area contributed by atoms with E-state index in [4.69, 9.17) is 5.73 Å². The molecule has 0 aliphatic rings. The molecule has 2 rings (SSSR count). The number of nitrogens with two attached hydrogens (primary N) is 1. The quantitative estimate of drug-likeness (QED) is 0.639. The molecule has 6 heteroatoms. The van der Waals surface area contributed by atoms with E-state index in [0.717, 1.165) is 31.0 Å². The molecule has 0 heterocycles. The van der Waals surface area contributed by atoms with Gasteiger partial charge in [0.2, 0.25) is 0 Å². The number of aryl methyl sites for hydroxylation is 1. The topological polar surface area (TPSA) is 67.2 Å². The Morgan fingerprint density at radius 1 is 1.08 bits per heavy atom. The molecular formula is C19H23F2N3O. The molecule has 2 aromatic rings. The van der Waals surface area contributed by atoms with Gasteiger partial charge in [0.15, 0.2) is 11.6 Å². The smallest absolute Gasteiger partial charge is 0.316 e. The molecule has 1 unspecified atom stereocenters. The SMILES string of the molecule is CC(Cc1ccc(F)c(F)c1)NCCCc1ccc(NC(N)=O)cc1. The van der Waals surface area contributed by atoms with Gasteiger partial charge in [-0.1, -0.05) is 18.2 Å². The summed E-state index contributed by atoms with van der Waals surface area (Å²) in [5.41, 5.74) is 7.68. The van der Waals surface area contributed by atoms with Gasteiger partial charge in [0.25, 0.3) is 0 Å². The van der Waals surface area contributed by atoms with Crippen molar-refractivity contribution in [1.82, 2.24) is 5.32 Å². The van der Waals surface area contributed by atoms with E-state index in [1.807, 2.05) is 31.2 Å². The summed E-state index contributed by atoms with van der Waals surface area (Å²) in [6.45, 7) is 2.84. The van der Waals surface area contributed by atoms with Crippen LogP contribution >= 0.6 is 0 Å². The van der Waals surface area contributed by atoms with Crippen LogP contribution in [-0.2, 0) is 12.8 Å². The maximum absolute atomic E-state index is 13.2. The zero-order chi connectivity index (χ0) is 18.2. The molecule has 2 amide bonds. The van der Waals surface area contributed by atoms with Crippen LogP contribution in [0.1, 0.15) is 24.5 Å². The summed E-state index contributed by atoms with van der Waals surface area (Å²) < 4.78 is 26.1. The van der Waals surface area contributed by atoms with Crippen LogP contribution in [0.3, 0.4) is 0 Å². The number of primary amides is 1. The fraction of sp³-hybridized carbons (Fsp3) is 0.316. The van der Waals surface area contributed by atoms with Gasteiger partial charge in [-0.3, -0.25) is 0 Å². The van der Waals surface area contributed by atoms with E-state index in [2.05, 4.69) is 10.6 Å². The molecule has 0 saturated heterocycles. The largest absolute Gasteiger partial charge is 0.351 e. The van der Waals surface area contributed by atoms with Gasteiger partial charge in [0.1, 0.15) is 0 Å². The molecule has 4 nitrogen and oxygen atoms in total. The van der Waals surface area contributed by atoms with Crippen LogP contribution in [0, 0.1) is 11.6 Å². The average Bonchev–Trinajstić information content (AvgIpc) is 2.56. The van der Waals surface area contributed by atoms with Crippen LogP contribution < -0.4 is 16.4 Å². The van der Waals surface area contributed by atoms with E-state index in [9.17, 15) is 13.6 Å². The minimum atomic E-state index is -0.818. The minimum Gasteiger partial charge on any atom is -0.351 e. The third-order valence-electron chi connectivity index (χ3n) is 3.88. The number of hydrogen-bond acceptors (Lipinski definition) is 2. The molecule has 2 aromatic carbocycles. The van der Waals surface area contributed by atoms with Gasteiger partial charge in [-0.15, -0.1) is 0 Å². The second-order valence-electron chi connectivity index (χ2n) is 6.10. The first kappa shape index (κ1) is 18.9. The molecule has 0 aromatic heterocycles. The summed E-state index contributed by atoms with van der Waals surface area (Å²) in [5, 5.41) is 5.90. The normalized spacial score (nSPS) is 12.0. The van der Waals surface area contributed by atoms with Crippen LogP contribution in [0.15, 0.2) is 42.5 Å². The highest BCUT2D eigenvalue weighted by atomic mass is 19.2. The minimum absolute atomic E-state index is 0.173. The number of nitrogens with one attached hydrogen (secondary N) is 2. The molecule has 0 aliphatic carbocycles. The molecule has 0 fully saturated rings. The lowest BCUT2D eigenvalue weighted by molar-refractivity contribution is 0.259. The van der Waals surface area contributed by atoms with Crippen LogP contribution in [-0.4, -0.2) is 18.6 Å². The predicted molar refractivity (Wildman–Crippen MR) is 95.5 cm³/mol. The zero-order valence-electron chi connectivity index (χ0n) is 14.2. The highest BCUT2D eigenvalue weighted by Crippen LogP contribution is 2.12. The van der Waals surface area contributed by atoms with Crippen LogP contribution in [0.2, 0.25) is 0 Å². The van der Waals surface area contributed by atoms with Crippen molar-refractivity contribution in [2.24, 2.45) is 5.73 Å². The number of halogens is 2. The molecule has 25 heavy (non-hydrogen) atoms. The number of carbonyl (C=O) groups excluding carboxylic acids is 1. The van der Waals surface area contributed by atoms with Crippen molar-refractivity contribution < 1.29 is 13.6 Å². The van der Waals surface area contributed by atoms with Crippen molar-refractivity contribution in [1.29, 1.82) is 0 Å². The monoisotopic (exact) mass is 347 g/mol. The first-order chi connectivity index (χ1) is 11.9. The highest BCUT2D eigenvalue weighted by molar-refractivity contribution is 5.87. The Morgan fingerprint density at radius 2 is 1.76 bits per heavy atom. The number of carbonyl (C=O) groups is 1. The Labute approximate surface area is 146 Å². The lowest BCUT2D eigenvalue weighted by Crippen LogP contribution is -2.29. The molecular weight excluding hydrogens is 324 g/mol. The van der Waals surface area contributed by atoms with Crippen LogP contribution in [0.4, 0.5) is 19.3 Å². The van der Waals surface area contributed by atoms with E-state index in [1.165, 1.54) is 11.6 Å². The average molecular weight is 347 g/mol. The molecule has 134 valence electrons. The number of urea groups is 1. The Balaban J connectivity index is 1.69. The van der Waals surface area contributed by atoms with Gasteiger partial charge in [-0.05, 0) is 68.1 Å². The zero-order valence-corrected chi connectivity index (χ0v) is 14.2. The summed E-state index contributed by atoms with van der Waals surface area (Å²) >= 11 is 0. The van der Waals surface area contributed by atoms with Crippen LogP contribution in [0.5, 0.6) is 0 Å². The van der Waals surface area contributed by atoms with Crippen LogP contribution in [0.25, 0.3) is 0 Å². The molecule has 0 saturated carbocycles. The Morgan fingerprint density at radius 3 is 2.40 bits per heavy atom. The van der Waals surface area contributed by atoms with Crippen molar-refractivity contribution in [2.75, 3.05) is 11.9 Å². The number of benzene rings is 2. The summed E-state index contributed by atoms with van der Waals surface area (Å²) in [7, 11) is 0. The van der Waals surface area contributed by atoms with Gasteiger partial charge in [-0.25, -0.2) is 13.6 Å². The van der Waals surface area contributed by atoms with E-state index in [-0.39, 0.29) is 6.04 Å². The second kappa shape index (κ2) is 9.13. The first-order valence-electron chi connectivity index (χ1n) is 8.27. The second-order valence-corrected chi connectivity index (χ2v) is 6.10. The third-order valence-corrected chi connectivity index (χ3v) is 3.88. The van der Waals surface area contributed by atoms with E-state index in [1.54, 1.807) is 6.07 Å². The number of amides is 2. The highest BCUT2D eigenvalue weighted by Gasteiger charge is 2.07. The van der Waals surface area contributed by atoms with Gasteiger partial charge in [0, 0.05) is 11.7 Å². The van der Waals surface area contributed by atoms with Crippen molar-refractivity contribution in [2.45, 2.75) is 32.2 Å². The van der Waals surface area contributed by atoms with E-state index >= 15 is 0 Å². The van der Waals surface area contributed by atoms with Crippen molar-refractivity contribution in [3.05, 3.63) is 65.2 Å². The lowest BCUT2D eigenvalue weighted by Gasteiger charge is -2.14. The van der Waals surface area contributed by atoms with Crippen molar-refractivity contribution in [3.8, 4) is 0 Å². The fourth-order valence-corrected chi connectivity index (χ4v) is 2.63. The Hall–Kier alpha value is -2.47. The molecule has 4 N–H and O–H groups in total. The number of anilines is 1. The number of hydrogen-bond donors (Lipinski definition) is 3. The first-order valence-corrected chi connectivity index (χ1v) is 8.27. The molecule has 0 bridgehead atoms. The maximum Gasteiger partial charge on any atom is 0.316 e. The van der Waals surface area contributed by atoms with Gasteiger partial charge in [0.05, 0.1) is 0 Å². The van der Waals surface area contributed by atoms with Crippen molar-refractivity contribution >= 4 is 11.7 Å². The summed E-state index contributed by atoms with van der Waals surface area (Å²) in [6.07, 6.45) is 2.50. The van der Waals surface area contributed by atoms with E-state index < -0.39 is 17.7 Å². The fourth-order valence-electron chi connectivity index (χ4n) is 2.63. The maximum atomic E-state index is 13.2. The Bertz CT molecular complexity index is 704. The molecule has 0 spiro atoms. The standard InChI is InChI=1S/C19H23F2N3O/c1-13(11-15-6-9-17(20)18(21)12-15)23-10-2-3-14-4-7-16(8-5-14)24-19(22)25/h4-9,12-13,23H,2-3,10-11H2,1H3,(H3,22,24,25). The van der Waals surface area contributed by atoms with Crippen molar-refractivity contribution in [3.63, 3.8) is 0 Å². The van der Waals surface area contributed by atoms with Gasteiger partial charge in [-0.2, -0.15) is 0 Å². The Kier molecular flexibility index (Phi) is 6.89. The van der Waals surface area contributed by atoms with Gasteiger partial charge < -0.3 is 16.4 Å².